The molecule has 0 aromatic heterocycles. The molecule has 3 nitrogen and oxygen atoms in total. The van der Waals surface area contributed by atoms with Gasteiger partial charge in [0.1, 0.15) is 0 Å². The van der Waals surface area contributed by atoms with Crippen LogP contribution in [0, 0.1) is 18.4 Å². The molecular formula is C17H27N3. The number of nitrogens with two attached hydrogens (primary N) is 1. The van der Waals surface area contributed by atoms with Crippen molar-refractivity contribution in [2.45, 2.75) is 40.7 Å². The third-order valence-corrected chi connectivity index (χ3v) is 3.24. The fourth-order valence-electron chi connectivity index (χ4n) is 2.35. The molecule has 1 aromatic carbocycles. The first-order chi connectivity index (χ1) is 9.35. The van der Waals surface area contributed by atoms with Crippen molar-refractivity contribution in [3.8, 4) is 0 Å². The number of benzene rings is 1. The second-order valence-electron chi connectivity index (χ2n) is 6.32. The van der Waals surface area contributed by atoms with Crippen LogP contribution in [0.4, 0.5) is 11.4 Å². The Labute approximate surface area is 123 Å². The summed E-state index contributed by atoms with van der Waals surface area (Å²) < 4.78 is 0. The van der Waals surface area contributed by atoms with Gasteiger partial charge in [-0.3, -0.25) is 0 Å². The standard InChI is InChI=1S/C17H27N3/c1-12(2)10-20(11-13(3)4)17-8-7-15(9-16(17)18)14(5)19-6/h7-9,12-14H,10-11,18H2,1-5H3. The first kappa shape index (κ1) is 16.4. The van der Waals surface area contributed by atoms with Gasteiger partial charge in [0.25, 0.3) is 0 Å². The van der Waals surface area contributed by atoms with E-state index in [0.29, 0.717) is 11.8 Å². The first-order valence-electron chi connectivity index (χ1n) is 7.36. The quantitative estimate of drug-likeness (QED) is 0.617. The number of nitrogens with zero attached hydrogens (tertiary/aromatic N) is 2. The molecule has 1 aromatic rings. The molecule has 0 aliphatic carbocycles. The fraction of sp³-hybridized carbons (Fsp3) is 0.588. The maximum absolute atomic E-state index is 7.11. The summed E-state index contributed by atoms with van der Waals surface area (Å²) >= 11 is 0. The van der Waals surface area contributed by atoms with Crippen molar-refractivity contribution in [2.24, 2.45) is 11.8 Å². The molecule has 0 radical (unpaired) electrons. The van der Waals surface area contributed by atoms with Gasteiger partial charge < -0.3 is 15.5 Å². The van der Waals surface area contributed by atoms with Gasteiger partial charge in [-0.15, -0.1) is 0 Å². The van der Waals surface area contributed by atoms with E-state index < -0.39 is 0 Å². The van der Waals surface area contributed by atoms with Crippen molar-refractivity contribution < 1.29 is 0 Å². The van der Waals surface area contributed by atoms with Gasteiger partial charge in [0.15, 0.2) is 0 Å². The molecule has 110 valence electrons. The van der Waals surface area contributed by atoms with Crippen molar-refractivity contribution >= 4 is 11.4 Å². The smallest absolute Gasteiger partial charge is 0.246 e. The SMILES string of the molecule is [C-]#[N+]C(C)c1ccc(N(CC(C)C)CC(C)C)c(N)c1. The normalized spacial score (nSPS) is 12.5. The Balaban J connectivity index is 3.05. The molecule has 2 N–H and O–H groups in total. The molecular weight excluding hydrogens is 246 g/mol. The van der Waals surface area contributed by atoms with Crippen molar-refractivity contribution in [1.29, 1.82) is 0 Å². The Bertz CT molecular complexity index is 462. The van der Waals surface area contributed by atoms with Crippen molar-refractivity contribution in [3.63, 3.8) is 0 Å². The maximum Gasteiger partial charge on any atom is 0.246 e. The predicted octanol–water partition coefficient (Wildman–Crippen LogP) is 4.37. The Kier molecular flexibility index (Phi) is 5.88. The van der Waals surface area contributed by atoms with Gasteiger partial charge in [-0.25, -0.2) is 6.57 Å². The highest BCUT2D eigenvalue weighted by atomic mass is 15.1. The molecule has 0 heterocycles. The Morgan fingerprint density at radius 1 is 1.10 bits per heavy atom. The lowest BCUT2D eigenvalue weighted by atomic mass is 10.1. The molecule has 20 heavy (non-hydrogen) atoms. The molecule has 0 aliphatic heterocycles. The van der Waals surface area contributed by atoms with Crippen LogP contribution in [-0.2, 0) is 0 Å². The lowest BCUT2D eigenvalue weighted by Crippen LogP contribution is -2.31. The number of rotatable bonds is 6. The molecule has 0 amide bonds. The third kappa shape index (κ3) is 4.45. The van der Waals surface area contributed by atoms with Gasteiger partial charge in [0.2, 0.25) is 6.04 Å². The minimum absolute atomic E-state index is 0.130. The van der Waals surface area contributed by atoms with E-state index in [2.05, 4.69) is 43.5 Å². The second-order valence-corrected chi connectivity index (χ2v) is 6.32. The van der Waals surface area contributed by atoms with E-state index in [9.17, 15) is 0 Å². The van der Waals surface area contributed by atoms with E-state index >= 15 is 0 Å². The van der Waals surface area contributed by atoms with E-state index in [4.69, 9.17) is 12.3 Å². The molecule has 1 atom stereocenters. The zero-order chi connectivity index (χ0) is 15.3. The highest BCUT2D eigenvalue weighted by Gasteiger charge is 2.16. The van der Waals surface area contributed by atoms with Crippen LogP contribution in [0.1, 0.15) is 46.2 Å². The fourth-order valence-corrected chi connectivity index (χ4v) is 2.35. The Hall–Kier alpha value is -1.69. The van der Waals surface area contributed by atoms with Crippen LogP contribution < -0.4 is 10.6 Å². The predicted molar refractivity (Wildman–Crippen MR) is 87.8 cm³/mol. The van der Waals surface area contributed by atoms with E-state index in [1.165, 1.54) is 0 Å². The van der Waals surface area contributed by atoms with Crippen LogP contribution in [0.2, 0.25) is 0 Å². The van der Waals surface area contributed by atoms with E-state index in [1.807, 2.05) is 19.1 Å². The average Bonchev–Trinajstić information content (AvgIpc) is 2.35. The summed E-state index contributed by atoms with van der Waals surface area (Å²) in [6.45, 7) is 19.9. The zero-order valence-corrected chi connectivity index (χ0v) is 13.4. The number of anilines is 2. The molecule has 0 aliphatic rings. The summed E-state index contributed by atoms with van der Waals surface area (Å²) in [6, 6.07) is 5.92. The van der Waals surface area contributed by atoms with Crippen molar-refractivity contribution in [3.05, 3.63) is 35.2 Å². The molecule has 1 rings (SSSR count). The molecule has 3 heteroatoms. The van der Waals surface area contributed by atoms with Crippen LogP contribution in [0.5, 0.6) is 0 Å². The van der Waals surface area contributed by atoms with Crippen LogP contribution in [0.25, 0.3) is 4.85 Å². The summed E-state index contributed by atoms with van der Waals surface area (Å²) in [4.78, 5) is 5.91. The number of hydrogen-bond donors (Lipinski definition) is 1. The van der Waals surface area contributed by atoms with Gasteiger partial charge in [0, 0.05) is 25.6 Å². The topological polar surface area (TPSA) is 33.6 Å². The molecule has 0 fully saturated rings. The van der Waals surface area contributed by atoms with Gasteiger partial charge in [0.05, 0.1) is 11.4 Å². The largest absolute Gasteiger partial charge is 0.397 e. The molecule has 1 unspecified atom stereocenters. The first-order valence-corrected chi connectivity index (χ1v) is 7.36. The summed E-state index contributed by atoms with van der Waals surface area (Å²) in [7, 11) is 0. The van der Waals surface area contributed by atoms with Gasteiger partial charge in [-0.05, 0) is 30.0 Å². The minimum Gasteiger partial charge on any atom is -0.397 e. The monoisotopic (exact) mass is 273 g/mol. The summed E-state index contributed by atoms with van der Waals surface area (Å²) in [6.07, 6.45) is 0. The molecule has 0 saturated heterocycles. The van der Waals surface area contributed by atoms with Crippen LogP contribution in [-0.4, -0.2) is 13.1 Å². The highest BCUT2D eigenvalue weighted by molar-refractivity contribution is 5.69. The third-order valence-electron chi connectivity index (χ3n) is 3.24. The minimum atomic E-state index is -0.130. The van der Waals surface area contributed by atoms with Crippen LogP contribution in [0.15, 0.2) is 18.2 Å². The Morgan fingerprint density at radius 3 is 2.05 bits per heavy atom. The summed E-state index contributed by atoms with van der Waals surface area (Å²) in [5.74, 6) is 1.19. The van der Waals surface area contributed by atoms with Gasteiger partial charge >= 0.3 is 0 Å². The van der Waals surface area contributed by atoms with E-state index in [-0.39, 0.29) is 6.04 Å². The Morgan fingerprint density at radius 2 is 1.65 bits per heavy atom. The lowest BCUT2D eigenvalue weighted by Gasteiger charge is -2.29. The number of hydrogen-bond acceptors (Lipinski definition) is 2. The summed E-state index contributed by atoms with van der Waals surface area (Å²) in [5, 5.41) is 0. The number of nitrogen functional groups attached to an aromatic ring is 1. The van der Waals surface area contributed by atoms with Crippen LogP contribution >= 0.6 is 0 Å². The highest BCUT2D eigenvalue weighted by Crippen LogP contribution is 2.29. The molecule has 0 spiro atoms. The zero-order valence-electron chi connectivity index (χ0n) is 13.4. The second kappa shape index (κ2) is 7.19. The van der Waals surface area contributed by atoms with E-state index in [0.717, 1.165) is 30.0 Å². The molecule has 0 bridgehead atoms. The van der Waals surface area contributed by atoms with Crippen molar-refractivity contribution in [2.75, 3.05) is 23.7 Å². The summed E-state index contributed by atoms with van der Waals surface area (Å²) in [5.41, 5.74) is 9.09. The van der Waals surface area contributed by atoms with E-state index in [1.54, 1.807) is 0 Å². The van der Waals surface area contributed by atoms with Gasteiger partial charge in [-0.2, -0.15) is 0 Å². The van der Waals surface area contributed by atoms with Crippen molar-refractivity contribution in [1.82, 2.24) is 0 Å². The van der Waals surface area contributed by atoms with Gasteiger partial charge in [-0.1, -0.05) is 27.7 Å². The maximum atomic E-state index is 7.11. The molecule has 0 saturated carbocycles. The average molecular weight is 273 g/mol. The lowest BCUT2D eigenvalue weighted by molar-refractivity contribution is 0.553. The van der Waals surface area contributed by atoms with Crippen LogP contribution in [0.3, 0.4) is 0 Å².